The van der Waals surface area contributed by atoms with E-state index in [1.807, 2.05) is 19.9 Å². The summed E-state index contributed by atoms with van der Waals surface area (Å²) >= 11 is 0. The molecule has 2 rings (SSSR count). The number of aliphatic hydroxyl groups is 2. The van der Waals surface area contributed by atoms with Crippen molar-refractivity contribution in [2.24, 2.45) is 0 Å². The molecule has 1 heterocycles. The van der Waals surface area contributed by atoms with Crippen LogP contribution in [0.4, 0.5) is 0 Å². The maximum absolute atomic E-state index is 9.99. The quantitative estimate of drug-likeness (QED) is 0.730. The second-order valence-corrected chi connectivity index (χ2v) is 5.96. The van der Waals surface area contributed by atoms with E-state index in [0.29, 0.717) is 13.0 Å². The predicted octanol–water partition coefficient (Wildman–Crippen LogP) is 2.60. The van der Waals surface area contributed by atoms with Crippen molar-refractivity contribution in [1.82, 2.24) is 0 Å². The van der Waals surface area contributed by atoms with Gasteiger partial charge in [-0.3, -0.25) is 0 Å². The third-order valence-electron chi connectivity index (χ3n) is 3.92. The van der Waals surface area contributed by atoms with Gasteiger partial charge in [0.15, 0.2) is 0 Å². The maximum atomic E-state index is 9.99. The molecule has 0 saturated carbocycles. The van der Waals surface area contributed by atoms with Crippen LogP contribution in [0, 0.1) is 0 Å². The fourth-order valence-electron chi connectivity index (χ4n) is 2.62. The Balaban J connectivity index is 2.30. The summed E-state index contributed by atoms with van der Waals surface area (Å²) in [4.78, 5) is 0. The van der Waals surface area contributed by atoms with E-state index in [1.165, 1.54) is 5.57 Å². The standard InChI is InChI=1S/C17H24O4/c1-10(2)4-5-12-6-7-14(19)13-9-21-16(17(12)13)8-15(20)11(3)18/h4,6-7,11,15-16,18-20H,5,8-9H2,1-3H3/t11-,15+,16+/m0/s1. The van der Waals surface area contributed by atoms with Gasteiger partial charge in [-0.1, -0.05) is 17.7 Å². The fraction of sp³-hybridized carbons (Fsp3) is 0.529. The summed E-state index contributed by atoms with van der Waals surface area (Å²) < 4.78 is 5.72. The lowest BCUT2D eigenvalue weighted by molar-refractivity contribution is -0.0242. The summed E-state index contributed by atoms with van der Waals surface area (Å²) in [6.45, 7) is 6.01. The van der Waals surface area contributed by atoms with Crippen molar-refractivity contribution >= 4 is 0 Å². The van der Waals surface area contributed by atoms with Crippen LogP contribution < -0.4 is 0 Å². The molecule has 1 aromatic carbocycles. The number of aliphatic hydroxyl groups excluding tert-OH is 2. The Morgan fingerprint density at radius 2 is 2.10 bits per heavy atom. The largest absolute Gasteiger partial charge is 0.508 e. The highest BCUT2D eigenvalue weighted by atomic mass is 16.5. The lowest BCUT2D eigenvalue weighted by Crippen LogP contribution is -2.25. The predicted molar refractivity (Wildman–Crippen MR) is 81.1 cm³/mol. The van der Waals surface area contributed by atoms with Crippen LogP contribution in [-0.4, -0.2) is 27.5 Å². The number of phenols is 1. The van der Waals surface area contributed by atoms with E-state index >= 15 is 0 Å². The van der Waals surface area contributed by atoms with Crippen molar-refractivity contribution in [3.05, 3.63) is 40.5 Å². The van der Waals surface area contributed by atoms with E-state index in [-0.39, 0.29) is 11.9 Å². The molecule has 3 N–H and O–H groups in total. The third-order valence-corrected chi connectivity index (χ3v) is 3.92. The van der Waals surface area contributed by atoms with Crippen LogP contribution in [0.3, 0.4) is 0 Å². The van der Waals surface area contributed by atoms with Gasteiger partial charge in [0.2, 0.25) is 0 Å². The average molecular weight is 292 g/mol. The Kier molecular flexibility index (Phi) is 5.04. The van der Waals surface area contributed by atoms with Crippen molar-refractivity contribution in [2.75, 3.05) is 0 Å². The molecule has 0 fully saturated rings. The minimum atomic E-state index is -0.834. The molecule has 1 aliphatic rings. The van der Waals surface area contributed by atoms with Gasteiger partial charge in [-0.2, -0.15) is 0 Å². The molecular weight excluding hydrogens is 268 g/mol. The molecule has 4 heteroatoms. The van der Waals surface area contributed by atoms with Gasteiger partial charge in [0.25, 0.3) is 0 Å². The number of hydrogen-bond donors (Lipinski definition) is 3. The Labute approximate surface area is 125 Å². The second kappa shape index (κ2) is 6.60. The van der Waals surface area contributed by atoms with E-state index in [4.69, 9.17) is 4.74 Å². The van der Waals surface area contributed by atoms with Crippen molar-refractivity contribution in [1.29, 1.82) is 0 Å². The zero-order valence-electron chi connectivity index (χ0n) is 12.8. The first kappa shape index (κ1) is 16.0. The molecular formula is C17H24O4. The number of hydrogen-bond acceptors (Lipinski definition) is 4. The number of rotatable bonds is 5. The van der Waals surface area contributed by atoms with Crippen molar-refractivity contribution in [2.45, 2.75) is 58.5 Å². The summed E-state index contributed by atoms with van der Waals surface area (Å²) in [5.41, 5.74) is 4.10. The van der Waals surface area contributed by atoms with Crippen LogP contribution in [-0.2, 0) is 17.8 Å². The van der Waals surface area contributed by atoms with Crippen molar-refractivity contribution in [3.63, 3.8) is 0 Å². The van der Waals surface area contributed by atoms with Gasteiger partial charge in [0, 0.05) is 12.0 Å². The highest BCUT2D eigenvalue weighted by Gasteiger charge is 2.31. The number of ether oxygens (including phenoxy) is 1. The number of fused-ring (bicyclic) bond motifs is 1. The third kappa shape index (κ3) is 3.64. The molecule has 0 radical (unpaired) electrons. The number of benzene rings is 1. The van der Waals surface area contributed by atoms with Crippen LogP contribution in [0.1, 0.15) is 50.0 Å². The average Bonchev–Trinajstić information content (AvgIpc) is 2.83. The molecule has 0 aliphatic carbocycles. The molecule has 0 aromatic heterocycles. The molecule has 0 amide bonds. The summed E-state index contributed by atoms with van der Waals surface area (Å²) in [6, 6.07) is 3.61. The van der Waals surface area contributed by atoms with Gasteiger partial charge in [0.05, 0.1) is 24.9 Å². The second-order valence-electron chi connectivity index (χ2n) is 5.96. The van der Waals surface area contributed by atoms with E-state index in [9.17, 15) is 15.3 Å². The Bertz CT molecular complexity index is 530. The molecule has 116 valence electrons. The van der Waals surface area contributed by atoms with Gasteiger partial charge in [0.1, 0.15) is 5.75 Å². The van der Waals surface area contributed by atoms with Crippen molar-refractivity contribution < 1.29 is 20.1 Å². The molecule has 1 aliphatic heterocycles. The monoisotopic (exact) mass is 292 g/mol. The lowest BCUT2D eigenvalue weighted by Gasteiger charge is -2.20. The van der Waals surface area contributed by atoms with Gasteiger partial charge < -0.3 is 20.1 Å². The molecule has 3 atom stereocenters. The van der Waals surface area contributed by atoms with Crippen LogP contribution in [0.2, 0.25) is 0 Å². The Morgan fingerprint density at radius 3 is 2.71 bits per heavy atom. The maximum Gasteiger partial charge on any atom is 0.121 e. The van der Waals surface area contributed by atoms with Gasteiger partial charge in [-0.25, -0.2) is 0 Å². The Morgan fingerprint density at radius 1 is 1.38 bits per heavy atom. The van der Waals surface area contributed by atoms with Crippen LogP contribution in [0.15, 0.2) is 23.8 Å². The SMILES string of the molecule is CC(C)=CCc1ccc(O)c2c1[C@@H](C[C@@H](O)[C@H](C)O)OC2. The normalized spacial score (nSPS) is 20.0. The summed E-state index contributed by atoms with van der Waals surface area (Å²) in [6.07, 6.45) is 1.33. The van der Waals surface area contributed by atoms with E-state index in [0.717, 1.165) is 23.1 Å². The number of aromatic hydroxyl groups is 1. The van der Waals surface area contributed by atoms with E-state index in [1.54, 1.807) is 13.0 Å². The summed E-state index contributed by atoms with van der Waals surface area (Å²) in [5.74, 6) is 0.236. The first-order chi connectivity index (χ1) is 9.90. The highest BCUT2D eigenvalue weighted by Crippen LogP contribution is 2.41. The molecule has 21 heavy (non-hydrogen) atoms. The Hall–Kier alpha value is -1.36. The minimum Gasteiger partial charge on any atom is -0.508 e. The summed E-state index contributed by atoms with van der Waals surface area (Å²) in [5, 5.41) is 29.3. The molecule has 0 spiro atoms. The van der Waals surface area contributed by atoms with Crippen LogP contribution >= 0.6 is 0 Å². The number of phenolic OH excluding ortho intramolecular Hbond substituents is 1. The first-order valence-electron chi connectivity index (χ1n) is 7.34. The zero-order valence-corrected chi connectivity index (χ0v) is 12.8. The van der Waals surface area contributed by atoms with Gasteiger partial charge in [-0.15, -0.1) is 0 Å². The van der Waals surface area contributed by atoms with Crippen molar-refractivity contribution in [3.8, 4) is 5.75 Å². The van der Waals surface area contributed by atoms with Gasteiger partial charge >= 0.3 is 0 Å². The highest BCUT2D eigenvalue weighted by molar-refractivity contribution is 5.48. The molecule has 0 unspecified atom stereocenters. The number of allylic oxidation sites excluding steroid dienone is 2. The van der Waals surface area contributed by atoms with Gasteiger partial charge in [-0.05, 0) is 44.4 Å². The smallest absolute Gasteiger partial charge is 0.121 e. The zero-order chi connectivity index (χ0) is 15.6. The van der Waals surface area contributed by atoms with E-state index < -0.39 is 12.2 Å². The molecule has 4 nitrogen and oxygen atoms in total. The van der Waals surface area contributed by atoms with E-state index in [2.05, 4.69) is 6.08 Å². The lowest BCUT2D eigenvalue weighted by atomic mass is 9.92. The molecule has 1 aromatic rings. The molecule has 0 saturated heterocycles. The topological polar surface area (TPSA) is 69.9 Å². The summed E-state index contributed by atoms with van der Waals surface area (Å²) in [7, 11) is 0. The minimum absolute atomic E-state index is 0.236. The van der Waals surface area contributed by atoms with Crippen LogP contribution in [0.25, 0.3) is 0 Å². The van der Waals surface area contributed by atoms with Crippen LogP contribution in [0.5, 0.6) is 5.75 Å². The molecule has 0 bridgehead atoms. The first-order valence-corrected chi connectivity index (χ1v) is 7.34. The fourth-order valence-corrected chi connectivity index (χ4v) is 2.62.